The van der Waals surface area contributed by atoms with Gasteiger partial charge in [-0.2, -0.15) is 0 Å². The molecule has 2 heterocycles. The maximum atomic E-state index is 14.2. The highest BCUT2D eigenvalue weighted by molar-refractivity contribution is 5.94. The van der Waals surface area contributed by atoms with Crippen molar-refractivity contribution in [1.29, 1.82) is 0 Å². The largest absolute Gasteiger partial charge is 0.339 e. The highest BCUT2D eigenvalue weighted by Crippen LogP contribution is 2.24. The van der Waals surface area contributed by atoms with Crippen LogP contribution in [0.5, 0.6) is 0 Å². The Kier molecular flexibility index (Phi) is 4.83. The second kappa shape index (κ2) is 7.22. The second-order valence-corrected chi connectivity index (χ2v) is 5.39. The van der Waals surface area contributed by atoms with Gasteiger partial charge in [0.15, 0.2) is 11.6 Å². The van der Waals surface area contributed by atoms with Crippen LogP contribution in [-0.2, 0) is 0 Å². The van der Waals surface area contributed by atoms with E-state index in [0.717, 1.165) is 24.3 Å². The van der Waals surface area contributed by atoms with Gasteiger partial charge in [0.25, 0.3) is 5.91 Å². The van der Waals surface area contributed by atoms with Gasteiger partial charge in [0.05, 0.1) is 11.6 Å². The SMILES string of the molecule is O=C(N[C@@H](c1ccc(F)c(F)c1)c1ncccc1F)c1ccc(=O)[nH]c1. The molecule has 0 aliphatic carbocycles. The van der Waals surface area contributed by atoms with E-state index in [0.29, 0.717) is 0 Å². The summed E-state index contributed by atoms with van der Waals surface area (Å²) in [6.07, 6.45) is 2.51. The summed E-state index contributed by atoms with van der Waals surface area (Å²) >= 11 is 0. The number of nitrogens with zero attached hydrogens (tertiary/aromatic N) is 1. The number of pyridine rings is 2. The molecule has 8 heteroatoms. The predicted molar refractivity (Wildman–Crippen MR) is 86.9 cm³/mol. The third kappa shape index (κ3) is 3.64. The van der Waals surface area contributed by atoms with Crippen molar-refractivity contribution < 1.29 is 18.0 Å². The number of rotatable bonds is 4. The van der Waals surface area contributed by atoms with Gasteiger partial charge in [-0.05, 0) is 35.9 Å². The van der Waals surface area contributed by atoms with Crippen LogP contribution in [0.1, 0.15) is 27.7 Å². The van der Waals surface area contributed by atoms with Crippen molar-refractivity contribution in [3.8, 4) is 0 Å². The zero-order valence-corrected chi connectivity index (χ0v) is 13.2. The van der Waals surface area contributed by atoms with Gasteiger partial charge in [0, 0.05) is 18.5 Å². The van der Waals surface area contributed by atoms with Crippen molar-refractivity contribution in [1.82, 2.24) is 15.3 Å². The molecule has 0 fully saturated rings. The predicted octanol–water partition coefficient (Wildman–Crippen LogP) is 2.71. The van der Waals surface area contributed by atoms with E-state index in [1.165, 1.54) is 30.6 Å². The molecule has 3 rings (SSSR count). The molecule has 3 aromatic rings. The first kappa shape index (κ1) is 17.4. The Labute approximate surface area is 145 Å². The van der Waals surface area contributed by atoms with Gasteiger partial charge < -0.3 is 10.3 Å². The lowest BCUT2D eigenvalue weighted by Gasteiger charge is -2.19. The molecule has 0 spiro atoms. The van der Waals surface area contributed by atoms with E-state index >= 15 is 0 Å². The molecule has 1 atom stereocenters. The second-order valence-electron chi connectivity index (χ2n) is 5.39. The number of aromatic amines is 1. The molecular weight excluding hydrogens is 347 g/mol. The molecule has 5 nitrogen and oxygen atoms in total. The van der Waals surface area contributed by atoms with Gasteiger partial charge in [0.2, 0.25) is 5.56 Å². The normalized spacial score (nSPS) is 11.8. The molecule has 0 bridgehead atoms. The zero-order chi connectivity index (χ0) is 18.7. The maximum Gasteiger partial charge on any atom is 0.253 e. The molecule has 2 aromatic heterocycles. The van der Waals surface area contributed by atoms with Gasteiger partial charge in [-0.15, -0.1) is 0 Å². The van der Waals surface area contributed by atoms with Crippen LogP contribution >= 0.6 is 0 Å². The summed E-state index contributed by atoms with van der Waals surface area (Å²) in [5, 5.41) is 2.52. The lowest BCUT2D eigenvalue weighted by molar-refractivity contribution is 0.0941. The Hall–Kier alpha value is -3.42. The summed E-state index contributed by atoms with van der Waals surface area (Å²) in [6.45, 7) is 0. The number of carbonyl (C=O) groups excluding carboxylic acids is 1. The van der Waals surface area contributed by atoms with E-state index in [1.807, 2.05) is 0 Å². The molecular formula is C18H12F3N3O2. The van der Waals surface area contributed by atoms with Crippen LogP contribution in [0.25, 0.3) is 0 Å². The molecule has 0 saturated heterocycles. The molecule has 0 aliphatic rings. The minimum atomic E-state index is -1.16. The standard InChI is InChI=1S/C18H12F3N3O2/c19-12-5-3-10(8-14(12)21)16(17-13(20)2-1-7-22-17)24-18(26)11-4-6-15(25)23-9-11/h1-9,16H,(H,23,25)(H,24,26)/t16-/m0/s1. The molecule has 0 radical (unpaired) electrons. The summed E-state index contributed by atoms with van der Waals surface area (Å²) < 4.78 is 41.0. The van der Waals surface area contributed by atoms with Crippen molar-refractivity contribution in [2.45, 2.75) is 6.04 Å². The van der Waals surface area contributed by atoms with E-state index in [9.17, 15) is 22.8 Å². The van der Waals surface area contributed by atoms with Gasteiger partial charge in [-0.3, -0.25) is 14.6 Å². The summed E-state index contributed by atoms with van der Waals surface area (Å²) in [7, 11) is 0. The van der Waals surface area contributed by atoms with E-state index in [2.05, 4.69) is 15.3 Å². The minimum Gasteiger partial charge on any atom is -0.339 e. The first-order valence-corrected chi connectivity index (χ1v) is 7.50. The van der Waals surface area contributed by atoms with Crippen molar-refractivity contribution in [2.75, 3.05) is 0 Å². The van der Waals surface area contributed by atoms with E-state index in [1.54, 1.807) is 0 Å². The third-order valence-corrected chi connectivity index (χ3v) is 3.66. The number of benzene rings is 1. The Morgan fingerprint density at radius 2 is 1.85 bits per heavy atom. The fraction of sp³-hybridized carbons (Fsp3) is 0.0556. The highest BCUT2D eigenvalue weighted by Gasteiger charge is 2.23. The van der Waals surface area contributed by atoms with E-state index in [-0.39, 0.29) is 16.8 Å². The van der Waals surface area contributed by atoms with Crippen LogP contribution in [0.2, 0.25) is 0 Å². The number of nitrogens with one attached hydrogen (secondary N) is 2. The Morgan fingerprint density at radius 1 is 1.04 bits per heavy atom. The molecule has 2 N–H and O–H groups in total. The Morgan fingerprint density at radius 3 is 2.50 bits per heavy atom. The minimum absolute atomic E-state index is 0.105. The average Bonchev–Trinajstić information content (AvgIpc) is 2.63. The molecule has 1 amide bonds. The first-order chi connectivity index (χ1) is 12.5. The van der Waals surface area contributed by atoms with Gasteiger partial charge in [0.1, 0.15) is 11.5 Å². The number of halogens is 3. The van der Waals surface area contributed by atoms with Crippen LogP contribution in [0.15, 0.2) is 59.7 Å². The van der Waals surface area contributed by atoms with Gasteiger partial charge in [-0.1, -0.05) is 6.07 Å². The summed E-state index contributed by atoms with van der Waals surface area (Å²) in [5.74, 6) is -3.58. The number of hydrogen-bond acceptors (Lipinski definition) is 3. The number of amides is 1. The first-order valence-electron chi connectivity index (χ1n) is 7.50. The Balaban J connectivity index is 2.01. The van der Waals surface area contributed by atoms with E-state index in [4.69, 9.17) is 0 Å². The summed E-state index contributed by atoms with van der Waals surface area (Å²) in [5.41, 5.74) is -0.335. The fourth-order valence-electron chi connectivity index (χ4n) is 2.38. The lowest BCUT2D eigenvalue weighted by Crippen LogP contribution is -2.31. The van der Waals surface area contributed by atoms with Crippen LogP contribution < -0.4 is 10.9 Å². The Bertz CT molecular complexity index is 1000. The molecule has 26 heavy (non-hydrogen) atoms. The quantitative estimate of drug-likeness (QED) is 0.752. The zero-order valence-electron chi connectivity index (χ0n) is 13.2. The van der Waals surface area contributed by atoms with Crippen molar-refractivity contribution in [3.63, 3.8) is 0 Å². The van der Waals surface area contributed by atoms with Crippen LogP contribution in [0, 0.1) is 17.5 Å². The molecule has 0 unspecified atom stereocenters. The highest BCUT2D eigenvalue weighted by atomic mass is 19.2. The monoisotopic (exact) mass is 359 g/mol. The van der Waals surface area contributed by atoms with Gasteiger partial charge >= 0.3 is 0 Å². The van der Waals surface area contributed by atoms with Crippen molar-refractivity contribution >= 4 is 5.91 Å². The fourth-order valence-corrected chi connectivity index (χ4v) is 2.38. The van der Waals surface area contributed by atoms with Crippen LogP contribution in [0.4, 0.5) is 13.2 Å². The lowest BCUT2D eigenvalue weighted by atomic mass is 10.0. The smallest absolute Gasteiger partial charge is 0.253 e. The maximum absolute atomic E-state index is 14.2. The van der Waals surface area contributed by atoms with Gasteiger partial charge in [-0.25, -0.2) is 13.2 Å². The molecule has 0 aliphatic heterocycles. The van der Waals surface area contributed by atoms with Crippen molar-refractivity contribution in [2.24, 2.45) is 0 Å². The number of H-pyrrole nitrogens is 1. The summed E-state index contributed by atoms with van der Waals surface area (Å²) in [4.78, 5) is 29.8. The molecule has 132 valence electrons. The average molecular weight is 359 g/mol. The van der Waals surface area contributed by atoms with Crippen LogP contribution in [0.3, 0.4) is 0 Å². The van der Waals surface area contributed by atoms with E-state index < -0.39 is 35.0 Å². The topological polar surface area (TPSA) is 74.8 Å². The molecule has 1 aromatic carbocycles. The number of aromatic nitrogens is 2. The van der Waals surface area contributed by atoms with Crippen LogP contribution in [-0.4, -0.2) is 15.9 Å². The third-order valence-electron chi connectivity index (χ3n) is 3.66. The number of carbonyl (C=O) groups is 1. The molecule has 0 saturated carbocycles. The number of hydrogen-bond donors (Lipinski definition) is 2. The van der Waals surface area contributed by atoms with Crippen molar-refractivity contribution in [3.05, 3.63) is 99.5 Å². The summed E-state index contributed by atoms with van der Waals surface area (Å²) in [6, 6.07) is 6.75.